The van der Waals surface area contributed by atoms with Crippen LogP contribution in [0.25, 0.3) is 54.6 Å². The Labute approximate surface area is 396 Å². The van der Waals surface area contributed by atoms with Gasteiger partial charge in [-0.1, -0.05) is 202 Å². The quantitative estimate of drug-likeness (QED) is 0.141. The second kappa shape index (κ2) is 16.6. The summed E-state index contributed by atoms with van der Waals surface area (Å²) in [6.45, 7) is 0. The van der Waals surface area contributed by atoms with Gasteiger partial charge in [-0.2, -0.15) is 0 Å². The molecule has 2 fully saturated rings. The van der Waals surface area contributed by atoms with Crippen molar-refractivity contribution in [3.05, 3.63) is 227 Å². The van der Waals surface area contributed by atoms with E-state index in [1.165, 1.54) is 134 Å². The van der Waals surface area contributed by atoms with Crippen LogP contribution in [0.5, 0.6) is 0 Å². The van der Waals surface area contributed by atoms with Crippen LogP contribution in [0.1, 0.15) is 111 Å². The maximum absolute atomic E-state index is 10.4. The highest BCUT2D eigenvalue weighted by molar-refractivity contribution is 6.30. The molecule has 2 saturated carbocycles. The van der Waals surface area contributed by atoms with Gasteiger partial charge in [0.25, 0.3) is 0 Å². The van der Waals surface area contributed by atoms with E-state index in [1.54, 1.807) is 0 Å². The van der Waals surface area contributed by atoms with E-state index in [9.17, 15) is 1.37 Å². The van der Waals surface area contributed by atoms with Crippen molar-refractivity contribution in [2.45, 2.75) is 81.5 Å². The van der Waals surface area contributed by atoms with Gasteiger partial charge >= 0.3 is 0 Å². The summed E-state index contributed by atoms with van der Waals surface area (Å²) in [5.41, 5.74) is 16.3. The van der Waals surface area contributed by atoms with E-state index in [4.69, 9.17) is 0 Å². The van der Waals surface area contributed by atoms with Gasteiger partial charge in [-0.25, -0.2) is 0 Å². The summed E-state index contributed by atoms with van der Waals surface area (Å²) >= 11 is 0. The Morgan fingerprint density at radius 3 is 1.61 bits per heavy atom. The number of fused-ring (bicyclic) bond motifs is 3. The Balaban J connectivity index is 1.11. The fraction of sp³-hybridized carbons (Fsp3) is 0.200. The van der Waals surface area contributed by atoms with E-state index >= 15 is 0 Å². The normalized spacial score (nSPS) is 16.3. The standard InChI is InChI=1S/C65H56N2/c1-6-20-43(21-7-1)56-42-59(66-48-26-12-4-13-27-48)53-39-40-54-60(44-22-8-2-9-23-44)61(64(67-49-28-14-5-15-29-49)55-41-38-52(56)62(53)63(54)55)45-34-36-47(37-35-45)65(46-24-10-3-11-25-46)57-32-18-16-30-50(57)51-31-17-19-33-58(51)65/h3-5,10-19,24-44,66-67H,1-2,6-9,20-23H2/i34D. The average Bonchev–Trinajstić information content (AvgIpc) is 3.71. The van der Waals surface area contributed by atoms with E-state index in [-0.39, 0.29) is 0 Å². The molecule has 0 aromatic heterocycles. The molecule has 0 aliphatic heterocycles. The highest BCUT2D eigenvalue weighted by atomic mass is 14.9. The second-order valence-corrected chi connectivity index (χ2v) is 19.6. The maximum Gasteiger partial charge on any atom is 0.0713 e. The van der Waals surface area contributed by atoms with Crippen molar-refractivity contribution in [2.75, 3.05) is 10.6 Å². The van der Waals surface area contributed by atoms with Gasteiger partial charge in [0.05, 0.1) is 12.5 Å². The zero-order valence-electron chi connectivity index (χ0n) is 39.1. The van der Waals surface area contributed by atoms with E-state index in [0.29, 0.717) is 17.9 Å². The van der Waals surface area contributed by atoms with Crippen molar-refractivity contribution < 1.29 is 1.37 Å². The van der Waals surface area contributed by atoms with Crippen LogP contribution in [-0.2, 0) is 5.41 Å². The molecule has 13 rings (SSSR count). The molecule has 326 valence electrons. The summed E-state index contributed by atoms with van der Waals surface area (Å²) in [5, 5.41) is 16.0. The van der Waals surface area contributed by atoms with Gasteiger partial charge in [0.1, 0.15) is 0 Å². The number of anilines is 4. The number of para-hydroxylation sites is 2. The second-order valence-electron chi connectivity index (χ2n) is 19.6. The van der Waals surface area contributed by atoms with Gasteiger partial charge in [0, 0.05) is 33.4 Å². The summed E-state index contributed by atoms with van der Waals surface area (Å²) < 4.78 is 10.4. The predicted molar refractivity (Wildman–Crippen MR) is 284 cm³/mol. The van der Waals surface area contributed by atoms with Crippen LogP contribution in [-0.4, -0.2) is 0 Å². The van der Waals surface area contributed by atoms with Gasteiger partial charge in [-0.15, -0.1) is 0 Å². The number of hydrogen-bond donors (Lipinski definition) is 2. The van der Waals surface area contributed by atoms with Crippen molar-refractivity contribution in [1.29, 1.82) is 0 Å². The smallest absolute Gasteiger partial charge is 0.0713 e. The summed E-state index contributed by atoms with van der Waals surface area (Å²) in [7, 11) is 0. The lowest BCUT2D eigenvalue weighted by Gasteiger charge is -2.34. The van der Waals surface area contributed by atoms with Crippen molar-refractivity contribution in [3.63, 3.8) is 0 Å². The van der Waals surface area contributed by atoms with Crippen LogP contribution < -0.4 is 10.6 Å². The summed E-state index contributed by atoms with van der Waals surface area (Å²) in [6.07, 6.45) is 12.4. The highest BCUT2D eigenvalue weighted by Gasteiger charge is 2.46. The molecule has 10 aromatic carbocycles. The molecular weight excluding hydrogens is 809 g/mol. The Hall–Kier alpha value is -7.16. The average molecular weight is 866 g/mol. The van der Waals surface area contributed by atoms with Crippen molar-refractivity contribution in [3.8, 4) is 22.3 Å². The molecule has 67 heavy (non-hydrogen) atoms. The first kappa shape index (κ1) is 39.0. The van der Waals surface area contributed by atoms with Gasteiger partial charge in [0.15, 0.2) is 0 Å². The number of rotatable bonds is 9. The lowest BCUT2D eigenvalue weighted by molar-refractivity contribution is 0.445. The maximum atomic E-state index is 10.4. The molecule has 3 aliphatic carbocycles. The van der Waals surface area contributed by atoms with Gasteiger partial charge in [-0.05, 0) is 139 Å². The molecular formula is C65H56N2. The molecule has 0 bridgehead atoms. The van der Waals surface area contributed by atoms with Gasteiger partial charge in [-0.3, -0.25) is 0 Å². The molecule has 3 aliphatic rings. The minimum absolute atomic E-state index is 0.364. The SMILES string of the molecule is [2H]c1cc(C2(c3ccccc3)c3ccccc3-c3ccccc32)ccc1-c1c(Nc2ccccc2)c2ccc3c(C4CCCCC4)cc(Nc4ccccc4)c4ccc(c1C1CCCCC1)c2c43. The lowest BCUT2D eigenvalue weighted by Crippen LogP contribution is -2.28. The van der Waals surface area contributed by atoms with E-state index in [0.717, 1.165) is 41.0 Å². The first-order valence-corrected chi connectivity index (χ1v) is 25.0. The Kier molecular flexibility index (Phi) is 9.68. The molecule has 0 heterocycles. The molecule has 2 heteroatoms. The summed E-state index contributed by atoms with van der Waals surface area (Å²) in [6, 6.07) is 70.0. The Morgan fingerprint density at radius 1 is 0.433 bits per heavy atom. The van der Waals surface area contributed by atoms with Gasteiger partial charge < -0.3 is 10.6 Å². The fourth-order valence-corrected chi connectivity index (χ4v) is 13.1. The topological polar surface area (TPSA) is 24.1 Å². The Morgan fingerprint density at radius 2 is 0.955 bits per heavy atom. The van der Waals surface area contributed by atoms with E-state index < -0.39 is 5.41 Å². The van der Waals surface area contributed by atoms with Crippen molar-refractivity contribution in [1.82, 2.24) is 0 Å². The molecule has 2 N–H and O–H groups in total. The van der Waals surface area contributed by atoms with Crippen molar-refractivity contribution in [2.24, 2.45) is 0 Å². The molecule has 0 atom stereocenters. The van der Waals surface area contributed by atoms with Crippen LogP contribution in [0.4, 0.5) is 22.7 Å². The first-order valence-electron chi connectivity index (χ1n) is 25.5. The van der Waals surface area contributed by atoms with Crippen LogP contribution in [0, 0.1) is 0 Å². The number of nitrogens with one attached hydrogen (secondary N) is 2. The van der Waals surface area contributed by atoms with Crippen LogP contribution in [0.15, 0.2) is 194 Å². The lowest BCUT2D eigenvalue weighted by atomic mass is 9.67. The van der Waals surface area contributed by atoms with Crippen LogP contribution >= 0.6 is 0 Å². The third-order valence-corrected chi connectivity index (χ3v) is 16.0. The molecule has 0 unspecified atom stereocenters. The third kappa shape index (κ3) is 6.51. The molecule has 10 aromatic rings. The molecule has 0 radical (unpaired) electrons. The van der Waals surface area contributed by atoms with Crippen molar-refractivity contribution >= 4 is 55.1 Å². The van der Waals surface area contributed by atoms with E-state index in [2.05, 4.69) is 199 Å². The monoisotopic (exact) mass is 865 g/mol. The zero-order valence-corrected chi connectivity index (χ0v) is 38.1. The Bertz CT molecular complexity index is 3430. The van der Waals surface area contributed by atoms with Crippen LogP contribution in [0.3, 0.4) is 0 Å². The molecule has 0 saturated heterocycles. The van der Waals surface area contributed by atoms with E-state index in [1.807, 2.05) is 0 Å². The first-order chi connectivity index (χ1) is 33.7. The molecule has 0 amide bonds. The minimum atomic E-state index is -0.574. The highest BCUT2D eigenvalue weighted by Crippen LogP contribution is 2.58. The fourth-order valence-electron chi connectivity index (χ4n) is 13.1. The van der Waals surface area contributed by atoms with Crippen LogP contribution in [0.2, 0.25) is 0 Å². The van der Waals surface area contributed by atoms with Gasteiger partial charge in [0.2, 0.25) is 0 Å². The zero-order chi connectivity index (χ0) is 45.2. The third-order valence-electron chi connectivity index (χ3n) is 16.0. The number of hydrogen-bond acceptors (Lipinski definition) is 2. The largest absolute Gasteiger partial charge is 0.355 e. The minimum Gasteiger partial charge on any atom is -0.355 e. The summed E-state index contributed by atoms with van der Waals surface area (Å²) in [5.74, 6) is 0.894. The molecule has 0 spiro atoms. The summed E-state index contributed by atoms with van der Waals surface area (Å²) in [4.78, 5) is 0. The molecule has 2 nitrogen and oxygen atoms in total. The predicted octanol–water partition coefficient (Wildman–Crippen LogP) is 18.2. The number of benzene rings is 10.